The molecule has 0 spiro atoms. The standard InChI is InChI=1S/C57H98O6/c1-4-7-10-13-16-17-18-19-20-21-22-23-24-25-26-27-28-29-30-31-32-33-34-35-36-37-38-39-42-44-47-50-56(59)62-53-54(63-57(60)51-48-45-41-15-12-9-6-3)52-61-55(58)49-46-43-40-14-11-8-5-2/h7,10,16-17,19-20,22-23,25-26,28-29,54H,4-6,8-9,11-15,18,21,24,27,30-53H2,1-3H3/b10-7-,17-16-,20-19-,23-22-,26-25-,29-28-. The number of esters is 3. The molecule has 0 heterocycles. The van der Waals surface area contributed by atoms with Gasteiger partial charge in [-0.2, -0.15) is 0 Å². The lowest BCUT2D eigenvalue weighted by atomic mass is 10.0. The Bertz CT molecular complexity index is 1190. The smallest absolute Gasteiger partial charge is 0.306 e. The molecule has 0 aromatic carbocycles. The zero-order chi connectivity index (χ0) is 45.8. The number of carbonyl (C=O) groups excluding carboxylic acids is 3. The van der Waals surface area contributed by atoms with Crippen LogP contribution in [0, 0.1) is 0 Å². The molecule has 362 valence electrons. The van der Waals surface area contributed by atoms with Gasteiger partial charge in [-0.25, -0.2) is 0 Å². The lowest BCUT2D eigenvalue weighted by Gasteiger charge is -2.18. The van der Waals surface area contributed by atoms with Gasteiger partial charge in [-0.3, -0.25) is 14.4 Å². The van der Waals surface area contributed by atoms with Gasteiger partial charge in [0, 0.05) is 19.3 Å². The third-order valence-corrected chi connectivity index (χ3v) is 11.2. The summed E-state index contributed by atoms with van der Waals surface area (Å²) in [4.78, 5) is 37.5. The molecular formula is C57H98O6. The molecule has 0 aliphatic heterocycles. The van der Waals surface area contributed by atoms with Crippen molar-refractivity contribution < 1.29 is 28.6 Å². The van der Waals surface area contributed by atoms with E-state index in [-0.39, 0.29) is 31.1 Å². The fourth-order valence-electron chi connectivity index (χ4n) is 7.27. The van der Waals surface area contributed by atoms with E-state index in [4.69, 9.17) is 14.2 Å². The average molecular weight is 879 g/mol. The number of unbranched alkanes of at least 4 members (excludes halogenated alkanes) is 24. The van der Waals surface area contributed by atoms with Gasteiger partial charge in [-0.1, -0.05) is 235 Å². The van der Waals surface area contributed by atoms with Crippen molar-refractivity contribution in [2.45, 2.75) is 258 Å². The molecule has 1 atom stereocenters. The zero-order valence-corrected chi connectivity index (χ0v) is 41.3. The summed E-state index contributed by atoms with van der Waals surface area (Å²) in [7, 11) is 0. The summed E-state index contributed by atoms with van der Waals surface area (Å²) in [6.07, 6.45) is 65.1. The van der Waals surface area contributed by atoms with Crippen LogP contribution in [0.3, 0.4) is 0 Å². The van der Waals surface area contributed by atoms with E-state index < -0.39 is 6.10 Å². The highest BCUT2D eigenvalue weighted by Crippen LogP contribution is 2.15. The molecule has 0 bridgehead atoms. The van der Waals surface area contributed by atoms with Gasteiger partial charge in [0.25, 0.3) is 0 Å². The van der Waals surface area contributed by atoms with Crippen LogP contribution in [0.15, 0.2) is 72.9 Å². The first-order valence-electron chi connectivity index (χ1n) is 26.4. The van der Waals surface area contributed by atoms with Gasteiger partial charge in [-0.15, -0.1) is 0 Å². The predicted octanol–water partition coefficient (Wildman–Crippen LogP) is 17.4. The Morgan fingerprint density at radius 1 is 0.333 bits per heavy atom. The fourth-order valence-corrected chi connectivity index (χ4v) is 7.27. The van der Waals surface area contributed by atoms with Gasteiger partial charge in [0.15, 0.2) is 6.10 Å². The first-order chi connectivity index (χ1) is 31.0. The van der Waals surface area contributed by atoms with Crippen LogP contribution in [0.25, 0.3) is 0 Å². The molecule has 0 N–H and O–H groups in total. The van der Waals surface area contributed by atoms with Crippen molar-refractivity contribution in [2.75, 3.05) is 13.2 Å². The van der Waals surface area contributed by atoms with E-state index in [1.807, 2.05) is 0 Å². The van der Waals surface area contributed by atoms with Gasteiger partial charge in [-0.05, 0) is 70.6 Å². The van der Waals surface area contributed by atoms with Crippen molar-refractivity contribution in [2.24, 2.45) is 0 Å². The van der Waals surface area contributed by atoms with E-state index in [9.17, 15) is 14.4 Å². The Morgan fingerprint density at radius 3 is 0.968 bits per heavy atom. The Hall–Kier alpha value is -3.15. The summed E-state index contributed by atoms with van der Waals surface area (Å²) in [6.45, 7) is 6.43. The molecule has 0 aromatic heterocycles. The lowest BCUT2D eigenvalue weighted by Crippen LogP contribution is -2.30. The van der Waals surface area contributed by atoms with Crippen LogP contribution in [-0.2, 0) is 28.6 Å². The molecule has 1 unspecified atom stereocenters. The Labute approximate surface area is 389 Å². The molecular weight excluding hydrogens is 781 g/mol. The van der Waals surface area contributed by atoms with Crippen LogP contribution < -0.4 is 0 Å². The van der Waals surface area contributed by atoms with E-state index in [0.717, 1.165) is 96.3 Å². The molecule has 0 radical (unpaired) electrons. The molecule has 6 nitrogen and oxygen atoms in total. The molecule has 0 saturated carbocycles. The van der Waals surface area contributed by atoms with E-state index in [0.29, 0.717) is 19.3 Å². The third-order valence-electron chi connectivity index (χ3n) is 11.2. The minimum Gasteiger partial charge on any atom is -0.462 e. The van der Waals surface area contributed by atoms with Crippen molar-refractivity contribution in [1.29, 1.82) is 0 Å². The number of hydrogen-bond donors (Lipinski definition) is 0. The van der Waals surface area contributed by atoms with Crippen molar-refractivity contribution in [3.8, 4) is 0 Å². The molecule has 0 rings (SSSR count). The fraction of sp³-hybridized carbons (Fsp3) is 0.737. The normalized spacial score (nSPS) is 12.6. The third kappa shape index (κ3) is 49.7. The second kappa shape index (κ2) is 51.5. The first kappa shape index (κ1) is 59.9. The second-order valence-corrected chi connectivity index (χ2v) is 17.4. The van der Waals surface area contributed by atoms with Crippen LogP contribution in [0.5, 0.6) is 0 Å². The summed E-state index contributed by atoms with van der Waals surface area (Å²) in [5.74, 6) is -0.887. The topological polar surface area (TPSA) is 78.9 Å². The van der Waals surface area contributed by atoms with E-state index >= 15 is 0 Å². The molecule has 0 aliphatic rings. The summed E-state index contributed by atoms with van der Waals surface area (Å²) >= 11 is 0. The maximum absolute atomic E-state index is 12.6. The minimum absolute atomic E-state index is 0.0730. The Morgan fingerprint density at radius 2 is 0.619 bits per heavy atom. The Kier molecular flexibility index (Phi) is 48.9. The summed E-state index contributed by atoms with van der Waals surface area (Å²) in [5, 5.41) is 0. The highest BCUT2D eigenvalue weighted by molar-refractivity contribution is 5.71. The van der Waals surface area contributed by atoms with Crippen LogP contribution in [0.2, 0.25) is 0 Å². The predicted molar refractivity (Wildman–Crippen MR) is 270 cm³/mol. The number of hydrogen-bond acceptors (Lipinski definition) is 6. The molecule has 0 aliphatic carbocycles. The molecule has 6 heteroatoms. The number of ether oxygens (including phenoxy) is 3. The maximum atomic E-state index is 12.6. The summed E-state index contributed by atoms with van der Waals surface area (Å²) < 4.78 is 16.6. The minimum atomic E-state index is -0.766. The first-order valence-corrected chi connectivity index (χ1v) is 26.4. The molecule has 0 saturated heterocycles. The van der Waals surface area contributed by atoms with Crippen LogP contribution >= 0.6 is 0 Å². The highest BCUT2D eigenvalue weighted by atomic mass is 16.6. The van der Waals surface area contributed by atoms with Gasteiger partial charge < -0.3 is 14.2 Å². The monoisotopic (exact) mass is 879 g/mol. The summed E-state index contributed by atoms with van der Waals surface area (Å²) in [6, 6.07) is 0. The maximum Gasteiger partial charge on any atom is 0.306 e. The SMILES string of the molecule is CC/C=C\C/C=C\C/C=C\C/C=C\C/C=C\C/C=C\CCCCCCCCCCCCCCC(=O)OCC(COC(=O)CCCCCCCCC)OC(=O)CCCCCCCCC. The van der Waals surface area contributed by atoms with Crippen LogP contribution in [0.4, 0.5) is 0 Å². The van der Waals surface area contributed by atoms with Gasteiger partial charge in [0.05, 0.1) is 0 Å². The molecule has 0 fully saturated rings. The largest absolute Gasteiger partial charge is 0.462 e. The van der Waals surface area contributed by atoms with E-state index in [1.165, 1.54) is 116 Å². The van der Waals surface area contributed by atoms with Crippen LogP contribution in [-0.4, -0.2) is 37.2 Å². The van der Waals surface area contributed by atoms with Gasteiger partial charge >= 0.3 is 17.9 Å². The highest BCUT2D eigenvalue weighted by Gasteiger charge is 2.19. The number of carbonyl (C=O) groups is 3. The number of rotatable bonds is 47. The Balaban J connectivity index is 3.95. The quantitative estimate of drug-likeness (QED) is 0.0262. The van der Waals surface area contributed by atoms with E-state index in [1.54, 1.807) is 0 Å². The van der Waals surface area contributed by atoms with Gasteiger partial charge in [0.2, 0.25) is 0 Å². The molecule has 0 aromatic rings. The number of allylic oxidation sites excluding steroid dienone is 12. The summed E-state index contributed by atoms with van der Waals surface area (Å²) in [5.41, 5.74) is 0. The van der Waals surface area contributed by atoms with Gasteiger partial charge in [0.1, 0.15) is 13.2 Å². The van der Waals surface area contributed by atoms with Crippen molar-refractivity contribution in [1.82, 2.24) is 0 Å². The van der Waals surface area contributed by atoms with E-state index in [2.05, 4.69) is 93.7 Å². The van der Waals surface area contributed by atoms with Crippen molar-refractivity contribution >= 4 is 17.9 Å². The lowest BCUT2D eigenvalue weighted by molar-refractivity contribution is -0.167. The molecule has 0 amide bonds. The van der Waals surface area contributed by atoms with Crippen molar-refractivity contribution in [3.05, 3.63) is 72.9 Å². The average Bonchev–Trinajstić information content (AvgIpc) is 3.28. The van der Waals surface area contributed by atoms with Crippen molar-refractivity contribution in [3.63, 3.8) is 0 Å². The molecule has 63 heavy (non-hydrogen) atoms. The second-order valence-electron chi connectivity index (χ2n) is 17.4. The zero-order valence-electron chi connectivity index (χ0n) is 41.3. The van der Waals surface area contributed by atoms with Crippen LogP contribution in [0.1, 0.15) is 252 Å².